The highest BCUT2D eigenvalue weighted by molar-refractivity contribution is 7.84. The Morgan fingerprint density at radius 3 is 2.64 bits per heavy atom. The summed E-state index contributed by atoms with van der Waals surface area (Å²) in [5, 5.41) is 20.3. The van der Waals surface area contributed by atoms with Crippen LogP contribution in [0.5, 0.6) is 0 Å². The number of amides is 2. The van der Waals surface area contributed by atoms with Crippen LogP contribution >= 0.6 is 11.3 Å². The van der Waals surface area contributed by atoms with Gasteiger partial charge >= 0.3 is 16.3 Å². The van der Waals surface area contributed by atoms with Crippen molar-refractivity contribution < 1.29 is 37.3 Å². The van der Waals surface area contributed by atoms with Crippen molar-refractivity contribution in [3.63, 3.8) is 0 Å². The number of nitrogen functional groups attached to an aromatic ring is 1. The van der Waals surface area contributed by atoms with Crippen LogP contribution in [0.2, 0.25) is 0 Å². The first-order valence-electron chi connectivity index (χ1n) is 8.96. The molecule has 16 nitrogen and oxygen atoms in total. The van der Waals surface area contributed by atoms with E-state index in [1.54, 1.807) is 0 Å². The summed E-state index contributed by atoms with van der Waals surface area (Å²) in [4.78, 5) is 49.2. The monoisotopic (exact) mass is 502 g/mol. The lowest BCUT2D eigenvalue weighted by Gasteiger charge is -2.43. The summed E-state index contributed by atoms with van der Waals surface area (Å²) in [6.07, 6.45) is 2.42. The second-order valence-corrected chi connectivity index (χ2v) is 9.34. The van der Waals surface area contributed by atoms with E-state index in [4.69, 9.17) is 10.6 Å². The third kappa shape index (κ3) is 5.07. The molecule has 1 saturated heterocycles. The number of carboxylic acids is 1. The molecule has 1 fully saturated rings. The summed E-state index contributed by atoms with van der Waals surface area (Å²) in [6, 6.07) is -2.64. The summed E-state index contributed by atoms with van der Waals surface area (Å²) >= 11 is 0.964. The fourth-order valence-electron chi connectivity index (χ4n) is 2.67. The Hall–Kier alpha value is -3.64. The minimum Gasteiger partial charge on any atom is -0.478 e. The number of carbonyl (C=O) groups excluding carboxylic acids is 2. The van der Waals surface area contributed by atoms with Gasteiger partial charge in [-0.15, -0.1) is 11.3 Å². The average Bonchev–Trinajstić information content (AvgIpc) is 3.36. The van der Waals surface area contributed by atoms with Gasteiger partial charge < -0.3 is 21.0 Å². The van der Waals surface area contributed by atoms with Crippen molar-refractivity contribution in [2.75, 3.05) is 5.73 Å². The normalized spacial score (nSPS) is 19.2. The number of anilines is 1. The molecular formula is C15H18N8O8S2. The molecule has 18 heteroatoms. The van der Waals surface area contributed by atoms with Crippen LogP contribution in [-0.4, -0.2) is 83.3 Å². The molecule has 3 heterocycles. The van der Waals surface area contributed by atoms with Gasteiger partial charge in [0.1, 0.15) is 24.4 Å². The highest BCUT2D eigenvalue weighted by Gasteiger charge is 2.54. The van der Waals surface area contributed by atoms with Crippen molar-refractivity contribution in [1.82, 2.24) is 29.4 Å². The number of β-lactam (4-membered cyclic amide) rings is 1. The van der Waals surface area contributed by atoms with Crippen LogP contribution in [0.25, 0.3) is 0 Å². The molecule has 0 bridgehead atoms. The van der Waals surface area contributed by atoms with Crippen molar-refractivity contribution in [2.24, 2.45) is 5.16 Å². The van der Waals surface area contributed by atoms with Gasteiger partial charge in [-0.25, -0.2) is 19.1 Å². The van der Waals surface area contributed by atoms with Crippen LogP contribution in [0.3, 0.4) is 0 Å². The lowest BCUT2D eigenvalue weighted by molar-refractivity contribution is -0.161. The van der Waals surface area contributed by atoms with Gasteiger partial charge in [-0.05, 0) is 13.8 Å². The van der Waals surface area contributed by atoms with Gasteiger partial charge in [-0.3, -0.25) is 18.8 Å². The molecule has 5 N–H and O–H groups in total. The van der Waals surface area contributed by atoms with Gasteiger partial charge in [0, 0.05) is 5.38 Å². The maximum atomic E-state index is 12.9. The van der Waals surface area contributed by atoms with Crippen molar-refractivity contribution in [2.45, 2.75) is 38.1 Å². The summed E-state index contributed by atoms with van der Waals surface area (Å²) in [5.74, 6) is -3.51. The van der Waals surface area contributed by atoms with E-state index in [0.717, 1.165) is 11.3 Å². The number of aliphatic carboxylic acids is 1. The Morgan fingerprint density at radius 1 is 1.42 bits per heavy atom. The number of nitrogens with one attached hydrogen (secondary N) is 1. The molecule has 0 spiro atoms. The molecule has 0 aliphatic carbocycles. The predicted molar refractivity (Wildman–Crippen MR) is 110 cm³/mol. The first kappa shape index (κ1) is 24.0. The number of thiazole rings is 1. The van der Waals surface area contributed by atoms with E-state index < -0.39 is 51.5 Å². The summed E-state index contributed by atoms with van der Waals surface area (Å²) < 4.78 is 34.0. The maximum Gasteiger partial charge on any atom is 0.362 e. The standard InChI is InChI=1S/C15H18N8O8S2/c1-15(2,13(26)27)31-21-9(7-4-32-14(16)19-7)11(24)20-10-8(3-22-6-17-5-18-22)23(12(10)25)33(28,29)30/h4-6,8,10H,3H2,1-2H3,(H2,16,19)(H,20,24)(H,26,27)(H,28,29,30)/b21-9+/t8-,10+/m1/s1. The van der Waals surface area contributed by atoms with Crippen LogP contribution in [0.4, 0.5) is 5.13 Å². The van der Waals surface area contributed by atoms with Gasteiger partial charge in [-0.2, -0.15) is 13.5 Å². The number of carboxylic acid groups (broad SMARTS) is 1. The molecule has 2 aromatic rings. The molecule has 2 amide bonds. The number of rotatable bonds is 9. The van der Waals surface area contributed by atoms with E-state index in [1.807, 2.05) is 0 Å². The fourth-order valence-corrected chi connectivity index (χ4v) is 4.09. The van der Waals surface area contributed by atoms with Gasteiger partial charge in [0.15, 0.2) is 10.8 Å². The van der Waals surface area contributed by atoms with Crippen LogP contribution < -0.4 is 11.1 Å². The third-order valence-electron chi connectivity index (χ3n) is 4.40. The number of hydrogen-bond donors (Lipinski definition) is 4. The predicted octanol–water partition coefficient (Wildman–Crippen LogP) is -1.90. The van der Waals surface area contributed by atoms with E-state index in [-0.39, 0.29) is 21.7 Å². The number of nitrogens with zero attached hydrogens (tertiary/aromatic N) is 6. The number of carbonyl (C=O) groups is 3. The molecule has 2 atom stereocenters. The smallest absolute Gasteiger partial charge is 0.362 e. The average molecular weight is 502 g/mol. The number of nitrogens with two attached hydrogens (primary N) is 1. The number of aromatic nitrogens is 4. The molecule has 0 saturated carbocycles. The number of hydrogen-bond acceptors (Lipinski definition) is 12. The summed E-state index contributed by atoms with van der Waals surface area (Å²) in [5.41, 5.74) is 3.21. The first-order valence-corrected chi connectivity index (χ1v) is 11.2. The largest absolute Gasteiger partial charge is 0.478 e. The molecule has 1 aliphatic heterocycles. The Kier molecular flexibility index (Phi) is 6.34. The van der Waals surface area contributed by atoms with Crippen molar-refractivity contribution in [1.29, 1.82) is 0 Å². The van der Waals surface area contributed by atoms with Crippen LogP contribution in [0.15, 0.2) is 23.2 Å². The number of oxime groups is 1. The SMILES string of the molecule is CC(C)(O/N=C(/C(=O)N[C@@H]1C(=O)N(S(=O)(=O)O)[C@@H]1Cn1cncn1)c1csc(N)n1)C(=O)O. The van der Waals surface area contributed by atoms with Gasteiger partial charge in [-0.1, -0.05) is 5.16 Å². The zero-order valence-electron chi connectivity index (χ0n) is 17.0. The minimum absolute atomic E-state index is 0.0672. The Labute approximate surface area is 189 Å². The molecule has 33 heavy (non-hydrogen) atoms. The Morgan fingerprint density at radius 2 is 2.12 bits per heavy atom. The molecule has 0 unspecified atom stereocenters. The van der Waals surface area contributed by atoms with E-state index >= 15 is 0 Å². The molecule has 1 aliphatic rings. The van der Waals surface area contributed by atoms with Crippen LogP contribution in [-0.2, 0) is 36.1 Å². The van der Waals surface area contributed by atoms with Crippen molar-refractivity contribution in [3.05, 3.63) is 23.7 Å². The lowest BCUT2D eigenvalue weighted by atomic mass is 9.98. The van der Waals surface area contributed by atoms with E-state index in [9.17, 15) is 32.5 Å². The summed E-state index contributed by atoms with van der Waals surface area (Å²) in [6.45, 7) is 2.16. The highest BCUT2D eigenvalue weighted by atomic mass is 32.2. The maximum absolute atomic E-state index is 12.9. The quantitative estimate of drug-likeness (QED) is 0.127. The van der Waals surface area contributed by atoms with Gasteiger partial charge in [0.05, 0.1) is 12.6 Å². The summed E-state index contributed by atoms with van der Waals surface area (Å²) in [7, 11) is -4.92. The van der Waals surface area contributed by atoms with Gasteiger partial charge in [0.25, 0.3) is 11.8 Å². The molecule has 3 rings (SSSR count). The Balaban J connectivity index is 1.88. The van der Waals surface area contributed by atoms with Crippen molar-refractivity contribution >= 4 is 50.3 Å². The van der Waals surface area contributed by atoms with E-state index in [2.05, 4.69) is 25.5 Å². The lowest BCUT2D eigenvalue weighted by Crippen LogP contribution is -2.73. The van der Waals surface area contributed by atoms with Crippen LogP contribution in [0, 0.1) is 0 Å². The zero-order valence-corrected chi connectivity index (χ0v) is 18.6. The fraction of sp³-hybridized carbons (Fsp3) is 0.400. The van der Waals surface area contributed by atoms with Crippen molar-refractivity contribution in [3.8, 4) is 0 Å². The molecule has 178 valence electrons. The van der Waals surface area contributed by atoms with E-state index in [1.165, 1.54) is 36.6 Å². The molecular weight excluding hydrogens is 484 g/mol. The molecule has 2 aromatic heterocycles. The minimum atomic E-state index is -4.92. The second-order valence-electron chi connectivity index (χ2n) is 7.17. The zero-order chi connectivity index (χ0) is 24.6. The highest BCUT2D eigenvalue weighted by Crippen LogP contribution is 2.25. The third-order valence-corrected chi connectivity index (χ3v) is 6.03. The topological polar surface area (TPSA) is 232 Å². The molecule has 0 radical (unpaired) electrons. The molecule has 0 aromatic carbocycles. The Bertz CT molecular complexity index is 1210. The first-order chi connectivity index (χ1) is 15.3. The van der Waals surface area contributed by atoms with E-state index in [0.29, 0.717) is 0 Å². The van der Waals surface area contributed by atoms with Crippen LogP contribution in [0.1, 0.15) is 19.5 Å². The second kappa shape index (κ2) is 8.71. The van der Waals surface area contributed by atoms with Gasteiger partial charge in [0.2, 0.25) is 5.60 Å².